The second-order valence-corrected chi connectivity index (χ2v) is 6.62. The Labute approximate surface area is 144 Å². The van der Waals surface area contributed by atoms with E-state index in [9.17, 15) is 4.79 Å². The molecule has 0 N–H and O–H groups in total. The van der Waals surface area contributed by atoms with Crippen molar-refractivity contribution in [2.24, 2.45) is 0 Å². The van der Waals surface area contributed by atoms with Crippen molar-refractivity contribution >= 4 is 23.4 Å². The molecule has 1 amide bonds. The largest absolute Gasteiger partial charge is 0.341 e. The van der Waals surface area contributed by atoms with E-state index in [1.807, 2.05) is 61.7 Å². The maximum Gasteiger partial charge on any atom is 0.256 e. The van der Waals surface area contributed by atoms with Crippen LogP contribution in [0.4, 0.5) is 0 Å². The zero-order valence-corrected chi connectivity index (χ0v) is 14.7. The summed E-state index contributed by atoms with van der Waals surface area (Å²) in [7, 11) is 1.81. The Bertz CT molecular complexity index is 862. The van der Waals surface area contributed by atoms with Crippen LogP contribution in [0.1, 0.15) is 17.0 Å². The number of hydrogen-bond donors (Lipinski definition) is 0. The molecule has 0 fully saturated rings. The van der Waals surface area contributed by atoms with Gasteiger partial charge in [-0.3, -0.25) is 9.20 Å². The zero-order valence-electron chi connectivity index (χ0n) is 13.9. The summed E-state index contributed by atoms with van der Waals surface area (Å²) in [5.41, 5.74) is 3.03. The smallest absolute Gasteiger partial charge is 0.256 e. The van der Waals surface area contributed by atoms with Gasteiger partial charge in [-0.05, 0) is 25.5 Å². The van der Waals surface area contributed by atoms with E-state index >= 15 is 0 Å². The van der Waals surface area contributed by atoms with Crippen molar-refractivity contribution in [3.05, 3.63) is 53.3 Å². The maximum absolute atomic E-state index is 12.3. The molecule has 7 heteroatoms. The van der Waals surface area contributed by atoms with Crippen LogP contribution in [0.2, 0.25) is 0 Å². The lowest BCUT2D eigenvalue weighted by atomic mass is 10.2. The summed E-state index contributed by atoms with van der Waals surface area (Å²) >= 11 is 1.38. The normalized spacial score (nSPS) is 11.0. The Morgan fingerprint density at radius 3 is 2.71 bits per heavy atom. The molecule has 24 heavy (non-hydrogen) atoms. The van der Waals surface area contributed by atoms with Crippen molar-refractivity contribution < 1.29 is 4.79 Å². The molecule has 0 spiro atoms. The number of nitrogens with zero attached hydrogens (tertiary/aromatic N) is 5. The van der Waals surface area contributed by atoms with Crippen molar-refractivity contribution in [2.45, 2.75) is 25.5 Å². The first kappa shape index (κ1) is 16.4. The van der Waals surface area contributed by atoms with Crippen molar-refractivity contribution in [3.8, 4) is 0 Å². The molecule has 0 aliphatic heterocycles. The molecule has 0 aliphatic rings. The molecule has 0 aliphatic carbocycles. The molecule has 124 valence electrons. The summed E-state index contributed by atoms with van der Waals surface area (Å²) in [4.78, 5) is 18.4. The van der Waals surface area contributed by atoms with Crippen molar-refractivity contribution in [3.63, 3.8) is 0 Å². The monoisotopic (exact) mass is 341 g/mol. The molecule has 3 aromatic rings. The van der Waals surface area contributed by atoms with Gasteiger partial charge >= 0.3 is 0 Å². The van der Waals surface area contributed by atoms with E-state index in [2.05, 4.69) is 15.2 Å². The third-order valence-corrected chi connectivity index (χ3v) is 4.59. The first-order chi connectivity index (χ1) is 11.5. The Kier molecular flexibility index (Phi) is 4.80. The highest BCUT2D eigenvalue weighted by Gasteiger charge is 2.14. The van der Waals surface area contributed by atoms with Crippen LogP contribution >= 0.6 is 11.8 Å². The minimum atomic E-state index is 0.0540. The van der Waals surface area contributed by atoms with Gasteiger partial charge in [0.1, 0.15) is 0 Å². The van der Waals surface area contributed by atoms with E-state index in [0.29, 0.717) is 23.2 Å². The number of rotatable bonds is 5. The van der Waals surface area contributed by atoms with Crippen LogP contribution in [0.5, 0.6) is 0 Å². The van der Waals surface area contributed by atoms with Gasteiger partial charge in [-0.15, -0.1) is 10.2 Å². The average molecular weight is 341 g/mol. The van der Waals surface area contributed by atoms with Crippen LogP contribution in [0.25, 0.3) is 5.78 Å². The van der Waals surface area contributed by atoms with Crippen LogP contribution in [-0.4, -0.2) is 43.2 Å². The molecule has 2 heterocycles. The fourth-order valence-electron chi connectivity index (χ4n) is 2.48. The molecule has 1 aromatic carbocycles. The fourth-order valence-corrected chi connectivity index (χ4v) is 3.40. The van der Waals surface area contributed by atoms with Gasteiger partial charge in [0, 0.05) is 25.0 Å². The molecule has 0 saturated carbocycles. The molecule has 3 rings (SSSR count). The number of thioether (sulfide) groups is 1. The predicted octanol–water partition coefficient (Wildman–Crippen LogP) is 2.49. The lowest BCUT2D eigenvalue weighted by Gasteiger charge is -2.16. The highest BCUT2D eigenvalue weighted by atomic mass is 32.2. The lowest BCUT2D eigenvalue weighted by Crippen LogP contribution is -2.27. The van der Waals surface area contributed by atoms with Gasteiger partial charge in [0.05, 0.1) is 5.75 Å². The quantitative estimate of drug-likeness (QED) is 0.667. The molecule has 6 nitrogen and oxygen atoms in total. The zero-order chi connectivity index (χ0) is 17.1. The summed E-state index contributed by atoms with van der Waals surface area (Å²) in [6.07, 6.45) is 0. The Morgan fingerprint density at radius 1 is 1.21 bits per heavy atom. The number of carbonyl (C=O) groups excluding carboxylic acids is 1. The number of carbonyl (C=O) groups is 1. The SMILES string of the molecule is Cc1cc(C)n2c(SCC(=O)N(C)Cc3ccccc3)nnc2n1. The summed E-state index contributed by atoms with van der Waals surface area (Å²) < 4.78 is 1.88. The first-order valence-electron chi connectivity index (χ1n) is 7.64. The van der Waals surface area contributed by atoms with Gasteiger partial charge < -0.3 is 4.90 Å². The molecule has 2 aromatic heterocycles. The van der Waals surface area contributed by atoms with Crippen LogP contribution in [-0.2, 0) is 11.3 Å². The molecular formula is C17H19N5OS. The van der Waals surface area contributed by atoms with Gasteiger partial charge in [0.25, 0.3) is 5.78 Å². The van der Waals surface area contributed by atoms with Crippen LogP contribution in [0.15, 0.2) is 41.6 Å². The van der Waals surface area contributed by atoms with Gasteiger partial charge in [-0.2, -0.15) is 0 Å². The number of hydrogen-bond acceptors (Lipinski definition) is 5. The number of aromatic nitrogens is 4. The van der Waals surface area contributed by atoms with E-state index in [1.165, 1.54) is 11.8 Å². The van der Waals surface area contributed by atoms with Gasteiger partial charge in [-0.1, -0.05) is 42.1 Å². The molecule has 0 radical (unpaired) electrons. The van der Waals surface area contributed by atoms with Gasteiger partial charge in [-0.25, -0.2) is 4.98 Å². The summed E-state index contributed by atoms with van der Waals surface area (Å²) in [5, 5.41) is 8.93. The first-order valence-corrected chi connectivity index (χ1v) is 8.63. The van der Waals surface area contributed by atoms with Crippen molar-refractivity contribution in [2.75, 3.05) is 12.8 Å². The topological polar surface area (TPSA) is 63.4 Å². The third kappa shape index (κ3) is 3.56. The molecule has 0 saturated heterocycles. The average Bonchev–Trinajstić information content (AvgIpc) is 2.96. The van der Waals surface area contributed by atoms with E-state index in [4.69, 9.17) is 0 Å². The number of fused-ring (bicyclic) bond motifs is 1. The Balaban J connectivity index is 1.66. The van der Waals surface area contributed by atoms with Gasteiger partial charge in [0.15, 0.2) is 5.16 Å². The maximum atomic E-state index is 12.3. The van der Waals surface area contributed by atoms with Crippen LogP contribution in [0.3, 0.4) is 0 Å². The second kappa shape index (κ2) is 7.00. The predicted molar refractivity (Wildman–Crippen MR) is 93.9 cm³/mol. The highest BCUT2D eigenvalue weighted by Crippen LogP contribution is 2.19. The molecular weight excluding hydrogens is 322 g/mol. The summed E-state index contributed by atoms with van der Waals surface area (Å²) in [5.74, 6) is 0.940. The second-order valence-electron chi connectivity index (χ2n) is 5.68. The third-order valence-electron chi connectivity index (χ3n) is 3.68. The van der Waals surface area contributed by atoms with E-state index in [-0.39, 0.29) is 5.91 Å². The lowest BCUT2D eigenvalue weighted by molar-refractivity contribution is -0.127. The summed E-state index contributed by atoms with van der Waals surface area (Å²) in [6.45, 7) is 4.51. The molecule has 0 unspecified atom stereocenters. The van der Waals surface area contributed by atoms with Crippen LogP contribution < -0.4 is 0 Å². The highest BCUT2D eigenvalue weighted by molar-refractivity contribution is 7.99. The Morgan fingerprint density at radius 2 is 1.96 bits per heavy atom. The van der Waals surface area contributed by atoms with E-state index in [1.54, 1.807) is 4.90 Å². The Hall–Kier alpha value is -2.41. The summed E-state index contributed by atoms with van der Waals surface area (Å²) in [6, 6.07) is 11.9. The number of benzene rings is 1. The molecule has 0 atom stereocenters. The number of aryl methyl sites for hydroxylation is 2. The van der Waals surface area contributed by atoms with Crippen molar-refractivity contribution in [1.29, 1.82) is 0 Å². The minimum Gasteiger partial charge on any atom is -0.341 e. The van der Waals surface area contributed by atoms with E-state index in [0.717, 1.165) is 17.0 Å². The van der Waals surface area contributed by atoms with E-state index < -0.39 is 0 Å². The van der Waals surface area contributed by atoms with Crippen LogP contribution in [0, 0.1) is 13.8 Å². The number of amides is 1. The molecule has 0 bridgehead atoms. The fraction of sp³-hybridized carbons (Fsp3) is 0.294. The van der Waals surface area contributed by atoms with Crippen molar-refractivity contribution in [1.82, 2.24) is 24.5 Å². The standard InChI is InChI=1S/C17H19N5OS/c1-12-9-13(2)22-16(18-12)19-20-17(22)24-11-15(23)21(3)10-14-7-5-4-6-8-14/h4-9H,10-11H2,1-3H3. The minimum absolute atomic E-state index is 0.0540. The van der Waals surface area contributed by atoms with Gasteiger partial charge in [0.2, 0.25) is 5.91 Å².